The van der Waals surface area contributed by atoms with E-state index in [1.165, 1.54) is 0 Å². The van der Waals surface area contributed by atoms with Crippen LogP contribution >= 0.6 is 0 Å². The zero-order valence-electron chi connectivity index (χ0n) is 17.7. The number of aryl methyl sites for hydroxylation is 1. The molecule has 0 bridgehead atoms. The topological polar surface area (TPSA) is 68.2 Å². The second-order valence-electron chi connectivity index (χ2n) is 7.46. The molecule has 4 aromatic rings. The molecule has 6 nitrogen and oxygen atoms in total. The van der Waals surface area contributed by atoms with Gasteiger partial charge in [-0.3, -0.25) is 0 Å². The molecule has 31 heavy (non-hydrogen) atoms. The lowest BCUT2D eigenvalue weighted by Crippen LogP contribution is -2.37. The fourth-order valence-corrected chi connectivity index (χ4v) is 3.40. The number of carbonyl (C=O) groups excluding carboxylic acids is 1. The Hall–Kier alpha value is -3.80. The minimum atomic E-state index is -0.261. The Bertz CT molecular complexity index is 1170. The van der Waals surface area contributed by atoms with Crippen LogP contribution in [0.4, 0.5) is 10.5 Å². The Morgan fingerprint density at radius 2 is 1.87 bits per heavy atom. The van der Waals surface area contributed by atoms with Crippen molar-refractivity contribution in [3.8, 4) is 11.4 Å². The number of fused-ring (bicyclic) bond motifs is 1. The molecule has 0 aliphatic rings. The van der Waals surface area contributed by atoms with Gasteiger partial charge in [0.25, 0.3) is 0 Å². The van der Waals surface area contributed by atoms with Crippen molar-refractivity contribution in [2.75, 3.05) is 11.9 Å². The molecule has 6 heteroatoms. The smallest absolute Gasteiger partial charge is 0.319 e. The molecule has 0 aliphatic heterocycles. The first-order valence-corrected chi connectivity index (χ1v) is 10.4. The lowest BCUT2D eigenvalue weighted by Gasteiger charge is -2.18. The van der Waals surface area contributed by atoms with E-state index in [0.717, 1.165) is 34.3 Å². The Morgan fingerprint density at radius 1 is 1.06 bits per heavy atom. The van der Waals surface area contributed by atoms with E-state index in [4.69, 9.17) is 4.74 Å². The van der Waals surface area contributed by atoms with Crippen LogP contribution in [0, 0.1) is 6.92 Å². The predicted octanol–water partition coefficient (Wildman–Crippen LogP) is 5.31. The average Bonchev–Trinajstić information content (AvgIpc) is 3.21. The maximum atomic E-state index is 12.3. The van der Waals surface area contributed by atoms with Crippen LogP contribution in [0.2, 0.25) is 0 Å². The summed E-state index contributed by atoms with van der Waals surface area (Å²) in [5, 5.41) is 11.3. The summed E-state index contributed by atoms with van der Waals surface area (Å²) in [4.78, 5) is 12.3. The standard InChI is InChI=1S/C25H26N4O2/c1-3-22(31-23-9-6-7-18(2)15-23)17-26-25(30)28-20-11-13-21(14-12-20)29-24-10-5-4-8-19(24)16-27-29/h4-16,22H,3,17H2,1-2H3,(H2,26,28,30). The van der Waals surface area contributed by atoms with Crippen molar-refractivity contribution in [2.24, 2.45) is 0 Å². The van der Waals surface area contributed by atoms with Gasteiger partial charge in [0.15, 0.2) is 0 Å². The van der Waals surface area contributed by atoms with Gasteiger partial charge in [-0.15, -0.1) is 0 Å². The summed E-state index contributed by atoms with van der Waals surface area (Å²) in [7, 11) is 0. The first-order valence-electron chi connectivity index (χ1n) is 10.4. The van der Waals surface area contributed by atoms with Crippen molar-refractivity contribution < 1.29 is 9.53 Å². The molecule has 1 aromatic heterocycles. The second-order valence-corrected chi connectivity index (χ2v) is 7.46. The van der Waals surface area contributed by atoms with Crippen LogP contribution in [-0.2, 0) is 0 Å². The summed E-state index contributed by atoms with van der Waals surface area (Å²) < 4.78 is 7.87. The number of hydrogen-bond donors (Lipinski definition) is 2. The minimum Gasteiger partial charge on any atom is -0.489 e. The van der Waals surface area contributed by atoms with Crippen molar-refractivity contribution in [1.82, 2.24) is 15.1 Å². The number of para-hydroxylation sites is 1. The SMILES string of the molecule is CCC(CNC(=O)Nc1ccc(-n2ncc3ccccc32)cc1)Oc1cccc(C)c1. The average molecular weight is 415 g/mol. The monoisotopic (exact) mass is 414 g/mol. The van der Waals surface area contributed by atoms with Crippen molar-refractivity contribution in [1.29, 1.82) is 0 Å². The number of ether oxygens (including phenoxy) is 1. The summed E-state index contributed by atoms with van der Waals surface area (Å²) in [6.45, 7) is 4.49. The molecular formula is C25H26N4O2. The van der Waals surface area contributed by atoms with E-state index >= 15 is 0 Å². The highest BCUT2D eigenvalue weighted by molar-refractivity contribution is 5.89. The number of aromatic nitrogens is 2. The third-order valence-corrected chi connectivity index (χ3v) is 5.08. The third kappa shape index (κ3) is 5.04. The molecule has 158 valence electrons. The molecule has 1 heterocycles. The van der Waals surface area contributed by atoms with Gasteiger partial charge in [0.2, 0.25) is 0 Å². The number of carbonyl (C=O) groups is 1. The highest BCUT2D eigenvalue weighted by atomic mass is 16.5. The van der Waals surface area contributed by atoms with Gasteiger partial charge in [0.1, 0.15) is 11.9 Å². The van der Waals surface area contributed by atoms with Crippen LogP contribution in [0.3, 0.4) is 0 Å². The van der Waals surface area contributed by atoms with Crippen molar-refractivity contribution in [2.45, 2.75) is 26.4 Å². The van der Waals surface area contributed by atoms with Gasteiger partial charge in [0, 0.05) is 11.1 Å². The molecule has 0 saturated carbocycles. The molecule has 0 aliphatic carbocycles. The Kier molecular flexibility index (Phi) is 6.17. The van der Waals surface area contributed by atoms with Gasteiger partial charge in [-0.2, -0.15) is 5.10 Å². The fraction of sp³-hybridized carbons (Fsp3) is 0.200. The maximum Gasteiger partial charge on any atom is 0.319 e. The molecule has 0 saturated heterocycles. The van der Waals surface area contributed by atoms with Crippen LogP contribution in [0.15, 0.2) is 79.0 Å². The van der Waals surface area contributed by atoms with E-state index in [9.17, 15) is 4.79 Å². The zero-order valence-corrected chi connectivity index (χ0v) is 17.7. The Balaban J connectivity index is 1.33. The molecular weight excluding hydrogens is 388 g/mol. The molecule has 0 radical (unpaired) electrons. The van der Waals surface area contributed by atoms with E-state index in [2.05, 4.69) is 15.7 Å². The predicted molar refractivity (Wildman–Crippen MR) is 124 cm³/mol. The molecule has 3 aromatic carbocycles. The van der Waals surface area contributed by atoms with Crippen LogP contribution < -0.4 is 15.4 Å². The molecule has 1 atom stereocenters. The normalized spacial score (nSPS) is 11.8. The van der Waals surface area contributed by atoms with Crippen molar-refractivity contribution >= 4 is 22.6 Å². The Labute approximate surface area is 181 Å². The van der Waals surface area contributed by atoms with Crippen LogP contribution in [0.5, 0.6) is 5.75 Å². The highest BCUT2D eigenvalue weighted by Crippen LogP contribution is 2.19. The number of nitrogens with one attached hydrogen (secondary N) is 2. The molecule has 2 amide bonds. The molecule has 0 spiro atoms. The summed E-state index contributed by atoms with van der Waals surface area (Å²) in [5.41, 5.74) is 3.83. The van der Waals surface area contributed by atoms with Gasteiger partial charge < -0.3 is 15.4 Å². The van der Waals surface area contributed by atoms with Gasteiger partial charge in [0.05, 0.1) is 23.9 Å². The largest absolute Gasteiger partial charge is 0.489 e. The van der Waals surface area contributed by atoms with E-state index in [0.29, 0.717) is 12.2 Å². The summed E-state index contributed by atoms with van der Waals surface area (Å²) >= 11 is 0. The van der Waals surface area contributed by atoms with Gasteiger partial charge in [-0.1, -0.05) is 37.3 Å². The molecule has 4 rings (SSSR count). The second kappa shape index (κ2) is 9.34. The number of anilines is 1. The van der Waals surface area contributed by atoms with E-state index < -0.39 is 0 Å². The van der Waals surface area contributed by atoms with Crippen LogP contribution in [0.1, 0.15) is 18.9 Å². The number of benzene rings is 3. The van der Waals surface area contributed by atoms with Gasteiger partial charge in [-0.05, 0) is 61.4 Å². The Morgan fingerprint density at radius 3 is 2.65 bits per heavy atom. The van der Waals surface area contributed by atoms with E-state index in [1.54, 1.807) is 0 Å². The molecule has 1 unspecified atom stereocenters. The third-order valence-electron chi connectivity index (χ3n) is 5.08. The van der Waals surface area contributed by atoms with Crippen molar-refractivity contribution in [3.63, 3.8) is 0 Å². The summed E-state index contributed by atoms with van der Waals surface area (Å²) in [6.07, 6.45) is 2.54. The van der Waals surface area contributed by atoms with Crippen molar-refractivity contribution in [3.05, 3.63) is 84.6 Å². The minimum absolute atomic E-state index is 0.0944. The number of amides is 2. The van der Waals surface area contributed by atoms with Gasteiger partial charge >= 0.3 is 6.03 Å². The van der Waals surface area contributed by atoms with Gasteiger partial charge in [-0.25, -0.2) is 9.48 Å². The lowest BCUT2D eigenvalue weighted by atomic mass is 10.2. The number of rotatable bonds is 7. The number of urea groups is 1. The van der Waals surface area contributed by atoms with E-state index in [1.807, 2.05) is 97.5 Å². The summed E-state index contributed by atoms with van der Waals surface area (Å²) in [5.74, 6) is 0.816. The van der Waals surface area contributed by atoms with Crippen LogP contribution in [-0.4, -0.2) is 28.5 Å². The lowest BCUT2D eigenvalue weighted by molar-refractivity contribution is 0.192. The zero-order chi connectivity index (χ0) is 21.6. The first kappa shape index (κ1) is 20.5. The molecule has 2 N–H and O–H groups in total. The fourth-order valence-electron chi connectivity index (χ4n) is 3.40. The maximum absolute atomic E-state index is 12.3. The quantitative estimate of drug-likeness (QED) is 0.430. The molecule has 0 fully saturated rings. The van der Waals surface area contributed by atoms with E-state index in [-0.39, 0.29) is 12.1 Å². The summed E-state index contributed by atoms with van der Waals surface area (Å²) in [6, 6.07) is 23.3. The van der Waals surface area contributed by atoms with Crippen LogP contribution in [0.25, 0.3) is 16.6 Å². The number of hydrogen-bond acceptors (Lipinski definition) is 3. The first-order chi connectivity index (χ1) is 15.1. The number of nitrogens with zero attached hydrogens (tertiary/aromatic N) is 2. The highest BCUT2D eigenvalue weighted by Gasteiger charge is 2.11.